The molecule has 7 nitrogen and oxygen atoms in total. The summed E-state index contributed by atoms with van der Waals surface area (Å²) >= 11 is 0. The maximum Gasteiger partial charge on any atom is 0.408 e. The van der Waals surface area contributed by atoms with E-state index in [1.165, 1.54) is 0 Å². The lowest BCUT2D eigenvalue weighted by Gasteiger charge is -2.23. The predicted molar refractivity (Wildman–Crippen MR) is 108 cm³/mol. The van der Waals surface area contributed by atoms with Crippen molar-refractivity contribution in [3.05, 3.63) is 47.5 Å². The van der Waals surface area contributed by atoms with Crippen molar-refractivity contribution in [2.24, 2.45) is 5.92 Å². The number of carbonyl (C=O) groups excluding carboxylic acids is 1. The average Bonchev–Trinajstić information content (AvgIpc) is 3.08. The molecule has 1 aliphatic rings. The molecular weight excluding hydrogens is 374 g/mol. The fraction of sp³-hybridized carbons (Fsp3) is 0.545. The lowest BCUT2D eigenvalue weighted by molar-refractivity contribution is -0.148. The lowest BCUT2D eigenvalue weighted by atomic mass is 9.94. The minimum absolute atomic E-state index is 0.202. The highest BCUT2D eigenvalue weighted by atomic mass is 16.6. The van der Waals surface area contributed by atoms with E-state index in [0.717, 1.165) is 17.6 Å². The number of carboxylic acid groups (broad SMARTS) is 1. The van der Waals surface area contributed by atoms with Crippen LogP contribution in [0.1, 0.15) is 45.6 Å². The Hall–Kier alpha value is -2.38. The van der Waals surface area contributed by atoms with E-state index in [0.29, 0.717) is 19.4 Å². The monoisotopic (exact) mass is 405 g/mol. The molecule has 7 heteroatoms. The second-order valence-electron chi connectivity index (χ2n) is 8.28. The van der Waals surface area contributed by atoms with Crippen molar-refractivity contribution in [2.45, 2.75) is 64.4 Å². The van der Waals surface area contributed by atoms with Crippen molar-refractivity contribution in [3.8, 4) is 0 Å². The van der Waals surface area contributed by atoms with E-state index in [4.69, 9.17) is 14.6 Å². The zero-order valence-electron chi connectivity index (χ0n) is 17.3. The first-order valence-corrected chi connectivity index (χ1v) is 9.88. The number of rotatable bonds is 8. The van der Waals surface area contributed by atoms with Crippen molar-refractivity contribution in [2.75, 3.05) is 6.61 Å². The number of amides is 1. The second kappa shape index (κ2) is 10.4. The first-order valence-electron chi connectivity index (χ1n) is 9.88. The van der Waals surface area contributed by atoms with Gasteiger partial charge in [0, 0.05) is 5.92 Å². The Balaban J connectivity index is 2.08. The van der Waals surface area contributed by atoms with Crippen LogP contribution in [0.3, 0.4) is 0 Å². The van der Waals surface area contributed by atoms with Crippen molar-refractivity contribution < 1.29 is 29.3 Å². The van der Waals surface area contributed by atoms with Crippen molar-refractivity contribution in [1.29, 1.82) is 0 Å². The topological polar surface area (TPSA) is 105 Å². The van der Waals surface area contributed by atoms with Crippen LogP contribution in [0.4, 0.5) is 4.79 Å². The minimum Gasteiger partial charge on any atom is -0.479 e. The molecule has 1 saturated carbocycles. The van der Waals surface area contributed by atoms with Gasteiger partial charge in [0.05, 0.1) is 19.3 Å². The van der Waals surface area contributed by atoms with Crippen molar-refractivity contribution in [1.82, 2.24) is 5.32 Å². The molecule has 0 bridgehead atoms. The van der Waals surface area contributed by atoms with E-state index < -0.39 is 35.7 Å². The molecule has 3 atom stereocenters. The number of carbonyl (C=O) groups is 2. The number of carboxylic acids is 1. The first-order chi connectivity index (χ1) is 13.7. The Labute approximate surface area is 171 Å². The normalized spacial score (nSPS) is 20.3. The summed E-state index contributed by atoms with van der Waals surface area (Å²) < 4.78 is 11.1. The Bertz CT molecular complexity index is 710. The number of aliphatic hydroxyl groups excluding tert-OH is 1. The molecule has 1 unspecified atom stereocenters. The Morgan fingerprint density at radius 2 is 1.97 bits per heavy atom. The van der Waals surface area contributed by atoms with E-state index in [2.05, 4.69) is 5.32 Å². The van der Waals surface area contributed by atoms with Crippen LogP contribution in [0.25, 0.3) is 0 Å². The number of alkyl carbamates (subject to hydrolysis) is 1. The summed E-state index contributed by atoms with van der Waals surface area (Å²) in [6.07, 6.45) is 1.86. The second-order valence-corrected chi connectivity index (χ2v) is 8.28. The van der Waals surface area contributed by atoms with Gasteiger partial charge < -0.3 is 25.0 Å². The number of nitrogens with one attached hydrogen (secondary N) is 1. The molecule has 0 aliphatic heterocycles. The van der Waals surface area contributed by atoms with Gasteiger partial charge in [-0.3, -0.25) is 0 Å². The van der Waals surface area contributed by atoms with Gasteiger partial charge in [-0.15, -0.1) is 0 Å². The zero-order valence-corrected chi connectivity index (χ0v) is 17.3. The van der Waals surface area contributed by atoms with Crippen molar-refractivity contribution >= 4 is 12.1 Å². The quantitative estimate of drug-likeness (QED) is 0.573. The third-order valence-electron chi connectivity index (χ3n) is 4.62. The molecule has 1 amide bonds. The highest BCUT2D eigenvalue weighted by Gasteiger charge is 2.33. The molecule has 160 valence electrons. The van der Waals surface area contributed by atoms with Crippen LogP contribution < -0.4 is 5.32 Å². The van der Waals surface area contributed by atoms with Crippen LogP contribution in [0.15, 0.2) is 42.0 Å². The van der Waals surface area contributed by atoms with Gasteiger partial charge in [0.25, 0.3) is 0 Å². The van der Waals surface area contributed by atoms with Crippen LogP contribution in [0.2, 0.25) is 0 Å². The summed E-state index contributed by atoms with van der Waals surface area (Å²) in [5.74, 6) is -1.69. The van der Waals surface area contributed by atoms with Crippen LogP contribution in [-0.4, -0.2) is 46.6 Å². The summed E-state index contributed by atoms with van der Waals surface area (Å²) in [4.78, 5) is 23.4. The molecule has 29 heavy (non-hydrogen) atoms. The molecule has 1 aromatic rings. The molecule has 3 N–H and O–H groups in total. The third-order valence-corrected chi connectivity index (χ3v) is 4.62. The largest absolute Gasteiger partial charge is 0.479 e. The molecule has 0 aromatic heterocycles. The van der Waals surface area contributed by atoms with Crippen LogP contribution in [0, 0.1) is 5.92 Å². The van der Waals surface area contributed by atoms with Gasteiger partial charge in [0.1, 0.15) is 5.60 Å². The smallest absolute Gasteiger partial charge is 0.408 e. The molecule has 1 aromatic carbocycles. The molecular formula is C22H31NO6. The highest BCUT2D eigenvalue weighted by molar-refractivity contribution is 5.73. The van der Waals surface area contributed by atoms with Gasteiger partial charge in [0.2, 0.25) is 0 Å². The van der Waals surface area contributed by atoms with Crippen molar-refractivity contribution in [3.63, 3.8) is 0 Å². The number of aliphatic hydroxyl groups is 1. The number of hydrogen-bond acceptors (Lipinski definition) is 5. The molecule has 0 radical (unpaired) electrons. The van der Waals surface area contributed by atoms with E-state index in [1.807, 2.05) is 30.3 Å². The standard InChI is InChI=1S/C22H31NO6/c1-22(2,3)29-21(27)23-17(14-28-13-15-8-5-4-6-9-15)12-16-10-7-11-18(16)19(24)20(25)26/h4-6,8-9,12,17-19,24H,7,10-11,13-14H2,1-3H3,(H,23,27)(H,25,26)/t17-,18-,19?/m1/s1. The van der Waals surface area contributed by atoms with Gasteiger partial charge in [-0.05, 0) is 45.6 Å². The fourth-order valence-corrected chi connectivity index (χ4v) is 3.36. The minimum atomic E-state index is -1.45. The zero-order chi connectivity index (χ0) is 21.4. The maximum atomic E-state index is 12.2. The fourth-order valence-electron chi connectivity index (χ4n) is 3.36. The van der Waals surface area contributed by atoms with Gasteiger partial charge >= 0.3 is 12.1 Å². The molecule has 0 spiro atoms. The van der Waals surface area contributed by atoms with Gasteiger partial charge in [0.15, 0.2) is 6.10 Å². The Morgan fingerprint density at radius 3 is 2.59 bits per heavy atom. The van der Waals surface area contributed by atoms with E-state index in [9.17, 15) is 14.7 Å². The van der Waals surface area contributed by atoms with E-state index in [-0.39, 0.29) is 6.61 Å². The summed E-state index contributed by atoms with van der Waals surface area (Å²) in [6.45, 7) is 5.93. The number of aliphatic carboxylic acids is 1. The van der Waals surface area contributed by atoms with Crippen LogP contribution >= 0.6 is 0 Å². The summed E-state index contributed by atoms with van der Waals surface area (Å²) in [6, 6.07) is 9.18. The molecule has 1 aliphatic carbocycles. The lowest BCUT2D eigenvalue weighted by Crippen LogP contribution is -2.41. The molecule has 0 heterocycles. The molecule has 2 rings (SSSR count). The third kappa shape index (κ3) is 7.87. The summed E-state index contributed by atoms with van der Waals surface area (Å²) in [7, 11) is 0. The number of hydrogen-bond donors (Lipinski definition) is 3. The Morgan fingerprint density at radius 1 is 1.28 bits per heavy atom. The van der Waals surface area contributed by atoms with E-state index >= 15 is 0 Å². The van der Waals surface area contributed by atoms with Gasteiger partial charge in [-0.2, -0.15) is 0 Å². The van der Waals surface area contributed by atoms with Gasteiger partial charge in [-0.1, -0.05) is 42.0 Å². The van der Waals surface area contributed by atoms with Crippen LogP contribution in [0.5, 0.6) is 0 Å². The Kier molecular flexibility index (Phi) is 8.22. The SMILES string of the molecule is CC(C)(C)OC(=O)N[C@H](C=C1CCC[C@H]1C(O)C(=O)O)COCc1ccccc1. The predicted octanol–water partition coefficient (Wildman–Crippen LogP) is 3.27. The van der Waals surface area contributed by atoms with E-state index in [1.54, 1.807) is 26.8 Å². The number of ether oxygens (including phenoxy) is 2. The highest BCUT2D eigenvalue weighted by Crippen LogP contribution is 2.34. The first kappa shape index (κ1) is 22.9. The average molecular weight is 405 g/mol. The summed E-state index contributed by atoms with van der Waals surface area (Å²) in [5.41, 5.74) is 1.20. The summed E-state index contributed by atoms with van der Waals surface area (Å²) in [5, 5.41) is 21.9. The molecule has 1 fully saturated rings. The maximum absolute atomic E-state index is 12.2. The molecule has 0 saturated heterocycles. The van der Waals surface area contributed by atoms with Crippen LogP contribution in [-0.2, 0) is 20.9 Å². The van der Waals surface area contributed by atoms with Gasteiger partial charge in [-0.25, -0.2) is 9.59 Å². The number of benzene rings is 1.